The lowest BCUT2D eigenvalue weighted by atomic mass is 10.1. The smallest absolute Gasteiger partial charge is 0.272 e. The molecule has 6 heteroatoms. The van der Waals surface area contributed by atoms with Gasteiger partial charge in [0.1, 0.15) is 5.69 Å². The number of rotatable bonds is 5. The van der Waals surface area contributed by atoms with E-state index in [9.17, 15) is 4.79 Å². The standard InChI is InChI=1S/C14H21N5O/c1-5-18-8-7-13(17-18)14(20)16-10(3)12-9-15-19(6-2)11(12)4/h7-10H,5-6H2,1-4H3,(H,16,20). The summed E-state index contributed by atoms with van der Waals surface area (Å²) in [4.78, 5) is 12.1. The second kappa shape index (κ2) is 5.90. The van der Waals surface area contributed by atoms with Gasteiger partial charge in [0.2, 0.25) is 0 Å². The minimum absolute atomic E-state index is 0.0884. The first-order valence-electron chi connectivity index (χ1n) is 6.93. The molecule has 2 aromatic heterocycles. The van der Waals surface area contributed by atoms with Gasteiger partial charge in [-0.05, 0) is 33.8 Å². The molecule has 1 atom stereocenters. The number of nitrogens with zero attached hydrogens (tertiary/aromatic N) is 4. The van der Waals surface area contributed by atoms with E-state index in [0.29, 0.717) is 5.69 Å². The van der Waals surface area contributed by atoms with Crippen LogP contribution in [0.4, 0.5) is 0 Å². The Morgan fingerprint density at radius 1 is 1.40 bits per heavy atom. The van der Waals surface area contributed by atoms with Crippen LogP contribution in [0.1, 0.15) is 48.6 Å². The first kappa shape index (κ1) is 14.3. The Morgan fingerprint density at radius 3 is 2.70 bits per heavy atom. The number of amides is 1. The highest BCUT2D eigenvalue weighted by Crippen LogP contribution is 2.17. The molecule has 0 saturated heterocycles. The SMILES string of the molecule is CCn1ccc(C(=O)NC(C)c2cnn(CC)c2C)n1. The summed E-state index contributed by atoms with van der Waals surface area (Å²) in [7, 11) is 0. The average molecular weight is 275 g/mol. The fraction of sp³-hybridized carbons (Fsp3) is 0.500. The summed E-state index contributed by atoms with van der Waals surface area (Å²) in [6.07, 6.45) is 3.62. The van der Waals surface area contributed by atoms with Crippen LogP contribution >= 0.6 is 0 Å². The monoisotopic (exact) mass is 275 g/mol. The van der Waals surface area contributed by atoms with Crippen LogP contribution < -0.4 is 5.32 Å². The predicted octanol–water partition coefficient (Wildman–Crippen LogP) is 1.92. The van der Waals surface area contributed by atoms with Crippen molar-refractivity contribution in [2.24, 2.45) is 0 Å². The third-order valence-corrected chi connectivity index (χ3v) is 3.45. The van der Waals surface area contributed by atoms with Gasteiger partial charge >= 0.3 is 0 Å². The second-order valence-corrected chi connectivity index (χ2v) is 4.75. The van der Waals surface area contributed by atoms with Crippen molar-refractivity contribution in [1.82, 2.24) is 24.9 Å². The normalized spacial score (nSPS) is 12.4. The Morgan fingerprint density at radius 2 is 2.15 bits per heavy atom. The van der Waals surface area contributed by atoms with E-state index in [0.717, 1.165) is 24.3 Å². The molecule has 1 N–H and O–H groups in total. The van der Waals surface area contributed by atoms with Crippen LogP contribution in [0.5, 0.6) is 0 Å². The van der Waals surface area contributed by atoms with Gasteiger partial charge in [-0.3, -0.25) is 14.2 Å². The van der Waals surface area contributed by atoms with Crippen LogP contribution in [0.3, 0.4) is 0 Å². The van der Waals surface area contributed by atoms with E-state index in [1.807, 2.05) is 38.6 Å². The Hall–Kier alpha value is -2.11. The first-order chi connectivity index (χ1) is 9.56. The molecule has 2 rings (SSSR count). The highest BCUT2D eigenvalue weighted by molar-refractivity contribution is 5.92. The summed E-state index contributed by atoms with van der Waals surface area (Å²) in [5.41, 5.74) is 2.56. The fourth-order valence-corrected chi connectivity index (χ4v) is 2.21. The molecule has 1 amide bonds. The molecule has 0 aromatic carbocycles. The molecule has 0 aliphatic heterocycles. The highest BCUT2D eigenvalue weighted by atomic mass is 16.2. The fourth-order valence-electron chi connectivity index (χ4n) is 2.21. The molecule has 0 bridgehead atoms. The molecule has 0 aliphatic carbocycles. The summed E-state index contributed by atoms with van der Waals surface area (Å²) in [6.45, 7) is 9.59. The van der Waals surface area contributed by atoms with Crippen molar-refractivity contribution >= 4 is 5.91 Å². The topological polar surface area (TPSA) is 64.7 Å². The van der Waals surface area contributed by atoms with E-state index in [-0.39, 0.29) is 11.9 Å². The zero-order valence-corrected chi connectivity index (χ0v) is 12.4. The van der Waals surface area contributed by atoms with Gasteiger partial charge in [0, 0.05) is 30.5 Å². The van der Waals surface area contributed by atoms with Gasteiger partial charge in [-0.25, -0.2) is 0 Å². The zero-order chi connectivity index (χ0) is 14.7. The van der Waals surface area contributed by atoms with Crippen LogP contribution in [0.25, 0.3) is 0 Å². The van der Waals surface area contributed by atoms with E-state index >= 15 is 0 Å². The maximum Gasteiger partial charge on any atom is 0.272 e. The molecule has 0 spiro atoms. The van der Waals surface area contributed by atoms with Crippen LogP contribution in [0, 0.1) is 6.92 Å². The van der Waals surface area contributed by atoms with Crippen molar-refractivity contribution in [2.75, 3.05) is 0 Å². The number of aromatic nitrogens is 4. The Balaban J connectivity index is 2.08. The lowest BCUT2D eigenvalue weighted by Crippen LogP contribution is -2.27. The third kappa shape index (κ3) is 2.74. The van der Waals surface area contributed by atoms with Gasteiger partial charge in [0.05, 0.1) is 12.2 Å². The lowest BCUT2D eigenvalue weighted by molar-refractivity contribution is 0.0934. The molecule has 0 fully saturated rings. The van der Waals surface area contributed by atoms with E-state index in [1.54, 1.807) is 16.9 Å². The maximum absolute atomic E-state index is 12.1. The van der Waals surface area contributed by atoms with Crippen molar-refractivity contribution in [1.29, 1.82) is 0 Å². The summed E-state index contributed by atoms with van der Waals surface area (Å²) >= 11 is 0. The molecule has 0 aliphatic rings. The lowest BCUT2D eigenvalue weighted by Gasteiger charge is -2.13. The second-order valence-electron chi connectivity index (χ2n) is 4.75. The Labute approximate surface area is 118 Å². The van der Waals surface area contributed by atoms with Gasteiger partial charge < -0.3 is 5.32 Å². The summed E-state index contributed by atoms with van der Waals surface area (Å²) in [5, 5.41) is 11.5. The number of hydrogen-bond donors (Lipinski definition) is 1. The van der Waals surface area contributed by atoms with Crippen LogP contribution in [0.2, 0.25) is 0 Å². The maximum atomic E-state index is 12.1. The summed E-state index contributed by atoms with van der Waals surface area (Å²) < 4.78 is 3.66. The molecule has 20 heavy (non-hydrogen) atoms. The van der Waals surface area contributed by atoms with E-state index in [4.69, 9.17) is 0 Å². The van der Waals surface area contributed by atoms with Crippen LogP contribution in [-0.4, -0.2) is 25.5 Å². The van der Waals surface area contributed by atoms with Crippen molar-refractivity contribution < 1.29 is 4.79 Å². The molecule has 2 aromatic rings. The van der Waals surface area contributed by atoms with E-state index < -0.39 is 0 Å². The number of carbonyl (C=O) groups is 1. The molecule has 0 radical (unpaired) electrons. The van der Waals surface area contributed by atoms with Gasteiger partial charge in [0.25, 0.3) is 5.91 Å². The van der Waals surface area contributed by atoms with Crippen molar-refractivity contribution in [3.63, 3.8) is 0 Å². The largest absolute Gasteiger partial charge is 0.344 e. The number of aryl methyl sites for hydroxylation is 2. The molecule has 1 unspecified atom stereocenters. The quantitative estimate of drug-likeness (QED) is 0.906. The minimum atomic E-state index is -0.159. The zero-order valence-electron chi connectivity index (χ0n) is 12.4. The van der Waals surface area contributed by atoms with E-state index in [1.165, 1.54) is 0 Å². The predicted molar refractivity (Wildman–Crippen MR) is 76.4 cm³/mol. The summed E-state index contributed by atoms with van der Waals surface area (Å²) in [6, 6.07) is 1.64. The van der Waals surface area contributed by atoms with Crippen molar-refractivity contribution in [2.45, 2.75) is 46.8 Å². The van der Waals surface area contributed by atoms with Gasteiger partial charge in [-0.1, -0.05) is 0 Å². The molecule has 108 valence electrons. The van der Waals surface area contributed by atoms with E-state index in [2.05, 4.69) is 15.5 Å². The van der Waals surface area contributed by atoms with Crippen LogP contribution in [0.15, 0.2) is 18.5 Å². The number of hydrogen-bond acceptors (Lipinski definition) is 3. The first-order valence-corrected chi connectivity index (χ1v) is 6.93. The molecular weight excluding hydrogens is 254 g/mol. The minimum Gasteiger partial charge on any atom is -0.344 e. The molecule has 6 nitrogen and oxygen atoms in total. The van der Waals surface area contributed by atoms with Crippen LogP contribution in [-0.2, 0) is 13.1 Å². The van der Waals surface area contributed by atoms with Gasteiger partial charge in [0.15, 0.2) is 0 Å². The summed E-state index contributed by atoms with van der Waals surface area (Å²) in [5.74, 6) is -0.159. The average Bonchev–Trinajstić information content (AvgIpc) is 3.04. The van der Waals surface area contributed by atoms with Gasteiger partial charge in [-0.2, -0.15) is 10.2 Å². The molecule has 2 heterocycles. The Bertz CT molecular complexity index is 598. The van der Waals surface area contributed by atoms with Crippen molar-refractivity contribution in [3.8, 4) is 0 Å². The molecular formula is C14H21N5O. The van der Waals surface area contributed by atoms with Gasteiger partial charge in [-0.15, -0.1) is 0 Å². The number of carbonyl (C=O) groups excluding carboxylic acids is 1. The Kier molecular flexibility index (Phi) is 4.22. The molecule has 0 saturated carbocycles. The highest BCUT2D eigenvalue weighted by Gasteiger charge is 2.17. The third-order valence-electron chi connectivity index (χ3n) is 3.45. The number of nitrogens with one attached hydrogen (secondary N) is 1. The van der Waals surface area contributed by atoms with Crippen molar-refractivity contribution in [3.05, 3.63) is 35.4 Å².